The quantitative estimate of drug-likeness (QED) is 0.258. The number of likely N-dealkylation sites (tertiary alicyclic amines) is 1. The summed E-state index contributed by atoms with van der Waals surface area (Å²) in [6, 6.07) is 11.1. The molecule has 1 aliphatic rings. The lowest BCUT2D eigenvalue weighted by Gasteiger charge is -2.21. The first kappa shape index (κ1) is 22.0. The van der Waals surface area contributed by atoms with Crippen LogP contribution in [0, 0.1) is 0 Å². The van der Waals surface area contributed by atoms with Crippen molar-refractivity contribution in [2.24, 2.45) is 10.7 Å². The van der Waals surface area contributed by atoms with Crippen LogP contribution in [0.3, 0.4) is 0 Å². The molecule has 25 heavy (non-hydrogen) atoms. The highest BCUT2D eigenvalue weighted by molar-refractivity contribution is 14.0. The summed E-state index contributed by atoms with van der Waals surface area (Å²) in [5, 5.41) is 3.24. The van der Waals surface area contributed by atoms with E-state index >= 15 is 0 Å². The Bertz CT molecular complexity index is 494. The molecule has 1 heterocycles. The molecule has 6 heteroatoms. The van der Waals surface area contributed by atoms with E-state index in [1.54, 1.807) is 0 Å². The fraction of sp³-hybridized carbons (Fsp3) is 0.632. The van der Waals surface area contributed by atoms with Crippen molar-refractivity contribution >= 4 is 35.6 Å². The number of guanidine groups is 1. The number of unbranched alkanes of at least 4 members (excludes halogenated alkanes) is 1. The normalized spacial score (nSPS) is 18.0. The summed E-state index contributed by atoms with van der Waals surface area (Å²) in [5.74, 6) is 0.592. The van der Waals surface area contributed by atoms with Crippen LogP contribution in [0.5, 0.6) is 0 Å². The Balaban J connectivity index is 0.00000312. The van der Waals surface area contributed by atoms with E-state index in [4.69, 9.17) is 5.73 Å². The number of benzene rings is 1. The van der Waals surface area contributed by atoms with Gasteiger partial charge in [0, 0.05) is 31.9 Å². The highest BCUT2D eigenvalue weighted by Crippen LogP contribution is 2.16. The van der Waals surface area contributed by atoms with Gasteiger partial charge in [-0.3, -0.25) is 9.89 Å². The zero-order chi connectivity index (χ0) is 17.2. The third-order valence-electron chi connectivity index (χ3n) is 4.80. The summed E-state index contributed by atoms with van der Waals surface area (Å²) in [6.45, 7) is 7.30. The third-order valence-corrected chi connectivity index (χ3v) is 4.80. The van der Waals surface area contributed by atoms with Crippen molar-refractivity contribution in [3.63, 3.8) is 0 Å². The van der Waals surface area contributed by atoms with Crippen molar-refractivity contribution in [2.45, 2.75) is 38.6 Å². The molecule has 1 atom stereocenters. The average molecular weight is 459 g/mol. The van der Waals surface area contributed by atoms with Crippen molar-refractivity contribution in [1.82, 2.24) is 10.2 Å². The lowest BCUT2D eigenvalue weighted by Crippen LogP contribution is -2.36. The summed E-state index contributed by atoms with van der Waals surface area (Å²) in [4.78, 5) is 9.30. The molecular formula is C19H34IN5. The molecule has 5 nitrogen and oxygen atoms in total. The van der Waals surface area contributed by atoms with E-state index in [1.165, 1.54) is 25.1 Å². The van der Waals surface area contributed by atoms with Crippen LogP contribution in [-0.4, -0.2) is 56.7 Å². The van der Waals surface area contributed by atoms with Crippen molar-refractivity contribution in [3.8, 4) is 0 Å². The average Bonchev–Trinajstić information content (AvgIpc) is 3.07. The molecule has 1 aromatic rings. The minimum Gasteiger partial charge on any atom is -0.375 e. The number of nitrogens with zero attached hydrogens (tertiary/aromatic N) is 3. The Morgan fingerprint density at radius 3 is 2.80 bits per heavy atom. The second-order valence-corrected chi connectivity index (χ2v) is 6.54. The Morgan fingerprint density at radius 2 is 2.08 bits per heavy atom. The molecule has 1 fully saturated rings. The number of para-hydroxylation sites is 1. The Kier molecular flexibility index (Phi) is 10.9. The van der Waals surface area contributed by atoms with Gasteiger partial charge in [-0.15, -0.1) is 24.0 Å². The lowest BCUT2D eigenvalue weighted by molar-refractivity contribution is 0.273. The predicted molar refractivity (Wildman–Crippen MR) is 119 cm³/mol. The minimum absolute atomic E-state index is 0. The second-order valence-electron chi connectivity index (χ2n) is 6.54. The standard InChI is InChI=1S/C19H33N5.HI/c1-3-24-15-9-12-18(24)16-22-19(20)21-13-7-8-14-23(2)17-10-5-4-6-11-17;/h4-6,10-11,18H,3,7-9,12-16H2,1-2H3,(H3,20,21,22);1H. The molecule has 0 amide bonds. The molecule has 1 saturated heterocycles. The van der Waals surface area contributed by atoms with E-state index in [2.05, 4.69) is 64.4 Å². The molecule has 0 bridgehead atoms. The highest BCUT2D eigenvalue weighted by Gasteiger charge is 2.22. The first-order valence-corrected chi connectivity index (χ1v) is 9.24. The lowest BCUT2D eigenvalue weighted by atomic mass is 10.2. The molecule has 3 N–H and O–H groups in total. The minimum atomic E-state index is 0. The summed E-state index contributed by atoms with van der Waals surface area (Å²) in [5.41, 5.74) is 7.25. The van der Waals surface area contributed by atoms with Crippen LogP contribution in [0.1, 0.15) is 32.6 Å². The molecule has 142 valence electrons. The van der Waals surface area contributed by atoms with Crippen LogP contribution in [0.4, 0.5) is 5.69 Å². The molecule has 1 aromatic carbocycles. The fourth-order valence-electron chi connectivity index (χ4n) is 3.28. The van der Waals surface area contributed by atoms with E-state index in [0.29, 0.717) is 12.0 Å². The largest absolute Gasteiger partial charge is 0.375 e. The van der Waals surface area contributed by atoms with E-state index in [0.717, 1.165) is 39.0 Å². The van der Waals surface area contributed by atoms with Gasteiger partial charge in [0.1, 0.15) is 0 Å². The third kappa shape index (κ3) is 7.81. The van der Waals surface area contributed by atoms with E-state index in [1.807, 2.05) is 0 Å². The van der Waals surface area contributed by atoms with Crippen molar-refractivity contribution in [1.29, 1.82) is 0 Å². The molecule has 0 saturated carbocycles. The van der Waals surface area contributed by atoms with Gasteiger partial charge in [0.2, 0.25) is 0 Å². The topological polar surface area (TPSA) is 56.9 Å². The zero-order valence-corrected chi connectivity index (χ0v) is 18.0. The van der Waals surface area contributed by atoms with Crippen molar-refractivity contribution in [2.75, 3.05) is 44.7 Å². The number of nitrogens with two attached hydrogens (primary N) is 1. The number of hydrogen-bond donors (Lipinski definition) is 2. The molecule has 2 rings (SSSR count). The number of aliphatic imine (C=N–C) groups is 1. The maximum atomic E-state index is 5.98. The SMILES string of the molecule is CCN1CCCC1CN=C(N)NCCCCN(C)c1ccccc1.I. The summed E-state index contributed by atoms with van der Waals surface area (Å²) in [7, 11) is 2.14. The maximum absolute atomic E-state index is 5.98. The van der Waals surface area contributed by atoms with Crippen LogP contribution < -0.4 is 16.0 Å². The van der Waals surface area contributed by atoms with E-state index in [9.17, 15) is 0 Å². The van der Waals surface area contributed by atoms with Gasteiger partial charge in [0.05, 0.1) is 6.54 Å². The zero-order valence-electron chi connectivity index (χ0n) is 15.7. The molecular weight excluding hydrogens is 425 g/mol. The monoisotopic (exact) mass is 459 g/mol. The van der Waals surface area contributed by atoms with Gasteiger partial charge >= 0.3 is 0 Å². The van der Waals surface area contributed by atoms with Gasteiger partial charge in [0.15, 0.2) is 5.96 Å². The summed E-state index contributed by atoms with van der Waals surface area (Å²) < 4.78 is 0. The van der Waals surface area contributed by atoms with E-state index < -0.39 is 0 Å². The molecule has 0 aromatic heterocycles. The second kappa shape index (κ2) is 12.4. The summed E-state index contributed by atoms with van der Waals surface area (Å²) in [6.07, 6.45) is 4.77. The Morgan fingerprint density at radius 1 is 1.32 bits per heavy atom. The number of halogens is 1. The van der Waals surface area contributed by atoms with Crippen LogP contribution in [-0.2, 0) is 0 Å². The molecule has 1 unspecified atom stereocenters. The molecule has 0 aliphatic carbocycles. The van der Waals surface area contributed by atoms with E-state index in [-0.39, 0.29) is 24.0 Å². The van der Waals surface area contributed by atoms with Crippen LogP contribution >= 0.6 is 24.0 Å². The smallest absolute Gasteiger partial charge is 0.188 e. The highest BCUT2D eigenvalue weighted by atomic mass is 127. The Labute approximate surface area is 170 Å². The van der Waals surface area contributed by atoms with Gasteiger partial charge < -0.3 is 16.0 Å². The summed E-state index contributed by atoms with van der Waals surface area (Å²) >= 11 is 0. The van der Waals surface area contributed by atoms with Crippen LogP contribution in [0.15, 0.2) is 35.3 Å². The molecule has 1 aliphatic heterocycles. The number of anilines is 1. The van der Waals surface area contributed by atoms with Gasteiger partial charge in [-0.1, -0.05) is 25.1 Å². The fourth-order valence-corrected chi connectivity index (χ4v) is 3.28. The first-order valence-electron chi connectivity index (χ1n) is 9.24. The predicted octanol–water partition coefficient (Wildman–Crippen LogP) is 2.91. The van der Waals surface area contributed by atoms with Crippen LogP contribution in [0.25, 0.3) is 0 Å². The maximum Gasteiger partial charge on any atom is 0.188 e. The number of nitrogens with one attached hydrogen (secondary N) is 1. The number of hydrogen-bond acceptors (Lipinski definition) is 3. The van der Waals surface area contributed by atoms with Crippen molar-refractivity contribution in [3.05, 3.63) is 30.3 Å². The van der Waals surface area contributed by atoms with Gasteiger partial charge in [0.25, 0.3) is 0 Å². The van der Waals surface area contributed by atoms with Crippen LogP contribution in [0.2, 0.25) is 0 Å². The Hall–Kier alpha value is -1.02. The molecule has 0 radical (unpaired) electrons. The number of likely N-dealkylation sites (N-methyl/N-ethyl adjacent to an activating group) is 1. The number of rotatable bonds is 9. The van der Waals surface area contributed by atoms with Gasteiger partial charge in [-0.25, -0.2) is 0 Å². The van der Waals surface area contributed by atoms with Gasteiger partial charge in [-0.2, -0.15) is 0 Å². The van der Waals surface area contributed by atoms with Crippen molar-refractivity contribution < 1.29 is 0 Å². The first-order chi connectivity index (χ1) is 11.7. The van der Waals surface area contributed by atoms with Gasteiger partial charge in [-0.05, 0) is 50.9 Å². The molecule has 0 spiro atoms.